The minimum absolute atomic E-state index is 0.0774. The van der Waals surface area contributed by atoms with Gasteiger partial charge in [-0.1, -0.05) is 83.5 Å². The van der Waals surface area contributed by atoms with Gasteiger partial charge in [0, 0.05) is 28.1 Å². The number of benzene rings is 3. The van der Waals surface area contributed by atoms with Crippen molar-refractivity contribution in [1.82, 2.24) is 10.1 Å². The summed E-state index contributed by atoms with van der Waals surface area (Å²) in [5.74, 6) is 0.109. The number of pyridine rings is 1. The van der Waals surface area contributed by atoms with E-state index in [1.54, 1.807) is 24.3 Å². The standard InChI is InChI=1S/C27H17ClN2O3/c28-24-16-23(33-30-24)19-12-13-21-20(15-19)25(18-9-5-2-6-10-18)26(27(32)29-21)22(31)14-11-17-7-3-1-4-8-17/h1-16H,(H,29,32)/b14-11+. The number of H-pyrrole nitrogens is 1. The summed E-state index contributed by atoms with van der Waals surface area (Å²) in [6.45, 7) is 0. The van der Waals surface area contributed by atoms with Gasteiger partial charge in [0.1, 0.15) is 0 Å². The summed E-state index contributed by atoms with van der Waals surface area (Å²) in [5, 5.41) is 4.69. The zero-order chi connectivity index (χ0) is 22.8. The largest absolute Gasteiger partial charge is 0.355 e. The molecule has 0 radical (unpaired) electrons. The number of hydrogen-bond donors (Lipinski definition) is 1. The van der Waals surface area contributed by atoms with E-state index in [2.05, 4.69) is 10.1 Å². The highest BCUT2D eigenvalue weighted by atomic mass is 35.5. The highest BCUT2D eigenvalue weighted by molar-refractivity contribution is 6.29. The van der Waals surface area contributed by atoms with Crippen molar-refractivity contribution >= 4 is 34.4 Å². The van der Waals surface area contributed by atoms with Crippen molar-refractivity contribution in [3.05, 3.63) is 118 Å². The van der Waals surface area contributed by atoms with E-state index in [-0.39, 0.29) is 16.5 Å². The second-order valence-electron chi connectivity index (χ2n) is 7.45. The normalized spacial score (nSPS) is 11.3. The average molecular weight is 453 g/mol. The van der Waals surface area contributed by atoms with Gasteiger partial charge < -0.3 is 9.51 Å². The number of hydrogen-bond acceptors (Lipinski definition) is 4. The Hall–Kier alpha value is -4.22. The molecule has 0 aliphatic carbocycles. The second-order valence-corrected chi connectivity index (χ2v) is 7.84. The Labute approximate surface area is 194 Å². The van der Waals surface area contributed by atoms with Gasteiger partial charge in [0.15, 0.2) is 16.7 Å². The molecule has 0 fully saturated rings. The molecule has 0 unspecified atom stereocenters. The number of carbonyl (C=O) groups is 1. The molecule has 160 valence electrons. The van der Waals surface area contributed by atoms with E-state index in [0.717, 1.165) is 16.7 Å². The maximum atomic E-state index is 13.3. The molecule has 33 heavy (non-hydrogen) atoms. The highest BCUT2D eigenvalue weighted by Gasteiger charge is 2.20. The lowest BCUT2D eigenvalue weighted by Gasteiger charge is -2.12. The van der Waals surface area contributed by atoms with Gasteiger partial charge in [-0.3, -0.25) is 9.59 Å². The van der Waals surface area contributed by atoms with Gasteiger partial charge >= 0.3 is 0 Å². The molecule has 0 aliphatic rings. The quantitative estimate of drug-likeness (QED) is 0.247. The van der Waals surface area contributed by atoms with E-state index < -0.39 is 5.56 Å². The molecule has 0 amide bonds. The number of nitrogens with zero attached hydrogens (tertiary/aromatic N) is 1. The third-order valence-electron chi connectivity index (χ3n) is 5.32. The van der Waals surface area contributed by atoms with E-state index in [1.165, 1.54) is 6.08 Å². The van der Waals surface area contributed by atoms with Crippen LogP contribution < -0.4 is 5.56 Å². The average Bonchev–Trinajstić information content (AvgIpc) is 3.29. The third kappa shape index (κ3) is 4.14. The van der Waals surface area contributed by atoms with E-state index in [0.29, 0.717) is 22.2 Å². The highest BCUT2D eigenvalue weighted by Crippen LogP contribution is 2.33. The predicted molar refractivity (Wildman–Crippen MR) is 130 cm³/mol. The summed E-state index contributed by atoms with van der Waals surface area (Å²) in [5.41, 5.74) is 3.16. The van der Waals surface area contributed by atoms with Gasteiger partial charge in [-0.15, -0.1) is 0 Å². The summed E-state index contributed by atoms with van der Waals surface area (Å²) < 4.78 is 5.30. The summed E-state index contributed by atoms with van der Waals surface area (Å²) >= 11 is 5.92. The molecule has 0 saturated carbocycles. The van der Waals surface area contributed by atoms with Gasteiger partial charge in [-0.05, 0) is 35.4 Å². The minimum atomic E-state index is -0.445. The second kappa shape index (κ2) is 8.73. The Bertz CT molecular complexity index is 1550. The first-order valence-electron chi connectivity index (χ1n) is 10.3. The minimum Gasteiger partial charge on any atom is -0.355 e. The molecule has 5 rings (SSSR count). The number of aromatic amines is 1. The fourth-order valence-electron chi connectivity index (χ4n) is 3.80. The van der Waals surface area contributed by atoms with Crippen LogP contribution in [-0.4, -0.2) is 15.9 Å². The fourth-order valence-corrected chi connectivity index (χ4v) is 3.93. The maximum Gasteiger partial charge on any atom is 0.260 e. The van der Waals surface area contributed by atoms with Crippen LogP contribution in [0.4, 0.5) is 0 Å². The summed E-state index contributed by atoms with van der Waals surface area (Å²) in [6.07, 6.45) is 3.13. The van der Waals surface area contributed by atoms with Crippen molar-refractivity contribution in [1.29, 1.82) is 0 Å². The molecule has 0 saturated heterocycles. The van der Waals surface area contributed by atoms with Crippen molar-refractivity contribution in [3.63, 3.8) is 0 Å². The zero-order valence-electron chi connectivity index (χ0n) is 17.3. The molecule has 3 aromatic carbocycles. The number of fused-ring (bicyclic) bond motifs is 1. The van der Waals surface area contributed by atoms with Crippen LogP contribution in [0, 0.1) is 0 Å². The van der Waals surface area contributed by atoms with Crippen LogP contribution >= 0.6 is 11.6 Å². The number of halogens is 1. The van der Waals surface area contributed by atoms with Gasteiger partial charge in [-0.2, -0.15) is 0 Å². The maximum absolute atomic E-state index is 13.3. The van der Waals surface area contributed by atoms with Crippen molar-refractivity contribution in [3.8, 4) is 22.5 Å². The number of rotatable bonds is 5. The lowest BCUT2D eigenvalue weighted by molar-refractivity contribution is 0.104. The molecular weight excluding hydrogens is 436 g/mol. The Balaban J connectivity index is 1.74. The predicted octanol–water partition coefficient (Wildman–Crippen LogP) is 6.40. The molecule has 6 heteroatoms. The summed E-state index contributed by atoms with van der Waals surface area (Å²) in [7, 11) is 0. The van der Waals surface area contributed by atoms with Crippen molar-refractivity contribution < 1.29 is 9.32 Å². The van der Waals surface area contributed by atoms with Crippen LogP contribution in [-0.2, 0) is 0 Å². The molecule has 1 N–H and O–H groups in total. The first-order valence-corrected chi connectivity index (χ1v) is 10.6. The number of nitrogens with one attached hydrogen (secondary N) is 1. The van der Waals surface area contributed by atoms with Crippen molar-refractivity contribution in [2.45, 2.75) is 0 Å². The topological polar surface area (TPSA) is 76.0 Å². The third-order valence-corrected chi connectivity index (χ3v) is 5.49. The van der Waals surface area contributed by atoms with Crippen molar-refractivity contribution in [2.75, 3.05) is 0 Å². The van der Waals surface area contributed by atoms with Gasteiger partial charge in [0.2, 0.25) is 0 Å². The van der Waals surface area contributed by atoms with Crippen LogP contribution in [0.5, 0.6) is 0 Å². The van der Waals surface area contributed by atoms with Crippen molar-refractivity contribution in [2.24, 2.45) is 0 Å². The van der Waals surface area contributed by atoms with Crippen LogP contribution in [0.15, 0.2) is 100 Å². The van der Waals surface area contributed by atoms with Crippen LogP contribution in [0.2, 0.25) is 5.15 Å². The monoisotopic (exact) mass is 452 g/mol. The van der Waals surface area contributed by atoms with Gasteiger partial charge in [-0.25, -0.2) is 0 Å². The SMILES string of the molecule is O=C(/C=C/c1ccccc1)c1c(-c2ccccc2)c2cc(-c3cc(Cl)no3)ccc2[nH]c1=O. The fraction of sp³-hybridized carbons (Fsp3) is 0. The Kier molecular flexibility index (Phi) is 5.47. The molecule has 2 aromatic heterocycles. The number of ketones is 1. The molecule has 5 aromatic rings. The Morgan fingerprint density at radius 1 is 0.909 bits per heavy atom. The van der Waals surface area contributed by atoms with Gasteiger partial charge in [0.05, 0.1) is 5.56 Å². The molecule has 0 atom stereocenters. The number of carbonyl (C=O) groups excluding carboxylic acids is 1. The lowest BCUT2D eigenvalue weighted by atomic mass is 9.92. The molecular formula is C27H17ClN2O3. The van der Waals surface area contributed by atoms with E-state index >= 15 is 0 Å². The van der Waals surface area contributed by atoms with Crippen LogP contribution in [0.25, 0.3) is 39.4 Å². The first kappa shape index (κ1) is 20.7. The molecule has 5 nitrogen and oxygen atoms in total. The number of aromatic nitrogens is 2. The van der Waals surface area contributed by atoms with Gasteiger partial charge in [0.25, 0.3) is 5.56 Å². The first-order chi connectivity index (χ1) is 16.1. The zero-order valence-corrected chi connectivity index (χ0v) is 18.0. The Morgan fingerprint density at radius 2 is 1.64 bits per heavy atom. The summed E-state index contributed by atoms with van der Waals surface area (Å²) in [6, 6.07) is 25.9. The molecule has 0 aliphatic heterocycles. The van der Waals surface area contributed by atoms with E-state index in [9.17, 15) is 9.59 Å². The number of allylic oxidation sites excluding steroid dienone is 1. The van der Waals surface area contributed by atoms with E-state index in [1.807, 2.05) is 66.7 Å². The lowest BCUT2D eigenvalue weighted by Crippen LogP contribution is -2.18. The van der Waals surface area contributed by atoms with Crippen LogP contribution in [0.1, 0.15) is 15.9 Å². The smallest absolute Gasteiger partial charge is 0.260 e. The Morgan fingerprint density at radius 3 is 2.33 bits per heavy atom. The summed E-state index contributed by atoms with van der Waals surface area (Å²) in [4.78, 5) is 29.2. The molecule has 0 bridgehead atoms. The van der Waals surface area contributed by atoms with E-state index in [4.69, 9.17) is 16.1 Å². The molecule has 0 spiro atoms. The molecule has 2 heterocycles. The van der Waals surface area contributed by atoms with Crippen LogP contribution in [0.3, 0.4) is 0 Å².